The Labute approximate surface area is 164 Å². The molecule has 0 saturated carbocycles. The molecule has 6 heteroatoms. The van der Waals surface area contributed by atoms with Crippen LogP contribution in [0.2, 0.25) is 0 Å². The van der Waals surface area contributed by atoms with Crippen molar-refractivity contribution in [3.63, 3.8) is 0 Å². The fraction of sp³-hybridized carbons (Fsp3) is 0.182. The molecule has 2 amide bonds. The minimum absolute atomic E-state index is 0.00619. The first-order valence-electron chi connectivity index (χ1n) is 9.15. The van der Waals surface area contributed by atoms with E-state index >= 15 is 0 Å². The van der Waals surface area contributed by atoms with Crippen LogP contribution in [-0.2, 0) is 9.59 Å². The molecule has 1 aliphatic rings. The summed E-state index contributed by atoms with van der Waals surface area (Å²) >= 11 is 0. The SMILES string of the molecule is O=C(/C=C/c1cccc(/C=C/C(=O)N2CCN(c3ccccc3)CC2)c1)NO. The van der Waals surface area contributed by atoms with Crippen molar-refractivity contribution < 1.29 is 14.8 Å². The van der Waals surface area contributed by atoms with Crippen molar-refractivity contribution in [3.8, 4) is 0 Å². The van der Waals surface area contributed by atoms with Gasteiger partial charge in [-0.25, -0.2) is 5.48 Å². The second kappa shape index (κ2) is 9.53. The molecule has 0 spiro atoms. The monoisotopic (exact) mass is 377 g/mol. The highest BCUT2D eigenvalue weighted by atomic mass is 16.5. The number of rotatable bonds is 5. The lowest BCUT2D eigenvalue weighted by atomic mass is 10.1. The standard InChI is InChI=1S/C22H23N3O3/c26-21(23-28)11-9-18-5-4-6-19(17-18)10-12-22(27)25-15-13-24(14-16-25)20-7-2-1-3-8-20/h1-12,17,28H,13-16H2,(H,23,26)/b11-9+,12-10+. The van der Waals surface area contributed by atoms with Gasteiger partial charge < -0.3 is 9.80 Å². The van der Waals surface area contributed by atoms with Crippen LogP contribution in [0.3, 0.4) is 0 Å². The fourth-order valence-corrected chi connectivity index (χ4v) is 3.07. The van der Waals surface area contributed by atoms with Gasteiger partial charge in [0.25, 0.3) is 5.91 Å². The van der Waals surface area contributed by atoms with Gasteiger partial charge >= 0.3 is 0 Å². The second-order valence-electron chi connectivity index (χ2n) is 6.46. The molecule has 0 aromatic heterocycles. The van der Waals surface area contributed by atoms with Gasteiger partial charge in [0, 0.05) is 44.0 Å². The van der Waals surface area contributed by atoms with Gasteiger partial charge in [-0.05, 0) is 41.5 Å². The molecular formula is C22H23N3O3. The first kappa shape index (κ1) is 19.4. The number of amides is 2. The summed E-state index contributed by atoms with van der Waals surface area (Å²) in [5.41, 5.74) is 4.40. The largest absolute Gasteiger partial charge is 0.368 e. The third kappa shape index (κ3) is 5.31. The molecule has 1 heterocycles. The van der Waals surface area contributed by atoms with E-state index in [2.05, 4.69) is 17.0 Å². The number of benzene rings is 2. The van der Waals surface area contributed by atoms with Crippen LogP contribution in [0.4, 0.5) is 5.69 Å². The predicted octanol–water partition coefficient (Wildman–Crippen LogP) is 2.57. The van der Waals surface area contributed by atoms with Gasteiger partial charge in [0.15, 0.2) is 0 Å². The molecule has 2 aromatic rings. The van der Waals surface area contributed by atoms with Crippen LogP contribution in [0.25, 0.3) is 12.2 Å². The van der Waals surface area contributed by atoms with E-state index in [0.717, 1.165) is 24.2 Å². The lowest BCUT2D eigenvalue weighted by Gasteiger charge is -2.35. The maximum atomic E-state index is 12.5. The number of piperazine rings is 1. The molecule has 28 heavy (non-hydrogen) atoms. The molecule has 0 bridgehead atoms. The van der Waals surface area contributed by atoms with Crippen LogP contribution in [0.1, 0.15) is 11.1 Å². The van der Waals surface area contributed by atoms with Gasteiger partial charge in [0.1, 0.15) is 0 Å². The molecule has 2 N–H and O–H groups in total. The van der Waals surface area contributed by atoms with Crippen LogP contribution < -0.4 is 10.4 Å². The Morgan fingerprint density at radius 2 is 1.50 bits per heavy atom. The molecule has 0 unspecified atom stereocenters. The molecule has 3 rings (SSSR count). The van der Waals surface area contributed by atoms with Gasteiger partial charge in [0.2, 0.25) is 5.91 Å². The van der Waals surface area contributed by atoms with E-state index in [1.54, 1.807) is 23.7 Å². The summed E-state index contributed by atoms with van der Waals surface area (Å²) in [4.78, 5) is 27.7. The van der Waals surface area contributed by atoms with Crippen LogP contribution >= 0.6 is 0 Å². The summed E-state index contributed by atoms with van der Waals surface area (Å²) in [7, 11) is 0. The molecule has 1 fully saturated rings. The van der Waals surface area contributed by atoms with Gasteiger partial charge in [-0.3, -0.25) is 14.8 Å². The van der Waals surface area contributed by atoms with Gasteiger partial charge in [-0.2, -0.15) is 0 Å². The molecule has 144 valence electrons. The molecule has 0 radical (unpaired) electrons. The topological polar surface area (TPSA) is 72.9 Å². The molecule has 0 atom stereocenters. The van der Waals surface area contributed by atoms with Crippen LogP contribution in [-0.4, -0.2) is 48.1 Å². The van der Waals surface area contributed by atoms with Crippen molar-refractivity contribution in [2.45, 2.75) is 0 Å². The lowest BCUT2D eigenvalue weighted by molar-refractivity contribution is -0.126. The van der Waals surface area contributed by atoms with Crippen molar-refractivity contribution in [2.75, 3.05) is 31.1 Å². The maximum absolute atomic E-state index is 12.5. The van der Waals surface area contributed by atoms with Crippen molar-refractivity contribution in [2.24, 2.45) is 0 Å². The molecule has 2 aromatic carbocycles. The Morgan fingerprint density at radius 1 is 0.857 bits per heavy atom. The average Bonchev–Trinajstić information content (AvgIpc) is 2.76. The lowest BCUT2D eigenvalue weighted by Crippen LogP contribution is -2.48. The van der Waals surface area contributed by atoms with Crippen LogP contribution in [0.5, 0.6) is 0 Å². The van der Waals surface area contributed by atoms with E-state index in [1.807, 2.05) is 47.4 Å². The number of nitrogens with one attached hydrogen (secondary N) is 1. The number of anilines is 1. The van der Waals surface area contributed by atoms with E-state index < -0.39 is 5.91 Å². The minimum atomic E-state index is -0.592. The quantitative estimate of drug-likeness (QED) is 0.477. The van der Waals surface area contributed by atoms with Gasteiger partial charge in [-0.1, -0.05) is 36.4 Å². The fourth-order valence-electron chi connectivity index (χ4n) is 3.07. The second-order valence-corrected chi connectivity index (χ2v) is 6.46. The summed E-state index contributed by atoms with van der Waals surface area (Å²) in [6, 6.07) is 17.7. The van der Waals surface area contributed by atoms with Crippen molar-refractivity contribution in [1.29, 1.82) is 0 Å². The first-order valence-corrected chi connectivity index (χ1v) is 9.15. The predicted molar refractivity (Wildman–Crippen MR) is 110 cm³/mol. The average molecular weight is 377 g/mol. The Balaban J connectivity index is 1.56. The molecule has 1 saturated heterocycles. The summed E-state index contributed by atoms with van der Waals surface area (Å²) in [5.74, 6) is -0.598. The van der Waals surface area contributed by atoms with Crippen molar-refractivity contribution in [1.82, 2.24) is 10.4 Å². The Hall–Kier alpha value is -3.38. The first-order chi connectivity index (χ1) is 13.7. The molecular weight excluding hydrogens is 354 g/mol. The minimum Gasteiger partial charge on any atom is -0.368 e. The summed E-state index contributed by atoms with van der Waals surface area (Å²) in [5, 5.41) is 8.51. The number of hydrogen-bond donors (Lipinski definition) is 2. The Bertz CT molecular complexity index is 870. The normalized spacial score (nSPS) is 14.6. The number of hydroxylamine groups is 1. The van der Waals surface area contributed by atoms with Crippen molar-refractivity contribution in [3.05, 3.63) is 77.9 Å². The highest BCUT2D eigenvalue weighted by molar-refractivity contribution is 5.92. The number of carbonyl (C=O) groups is 2. The van der Waals surface area contributed by atoms with E-state index in [0.29, 0.717) is 13.1 Å². The molecule has 1 aliphatic heterocycles. The number of para-hydroxylation sites is 1. The zero-order valence-corrected chi connectivity index (χ0v) is 15.5. The third-order valence-corrected chi connectivity index (χ3v) is 4.58. The highest BCUT2D eigenvalue weighted by Crippen LogP contribution is 2.16. The number of hydrogen-bond acceptors (Lipinski definition) is 4. The Kier molecular flexibility index (Phi) is 6.59. The van der Waals surface area contributed by atoms with Crippen LogP contribution in [0.15, 0.2) is 66.7 Å². The van der Waals surface area contributed by atoms with Crippen molar-refractivity contribution >= 4 is 29.7 Å². The van der Waals surface area contributed by atoms with E-state index in [9.17, 15) is 9.59 Å². The number of nitrogens with zero attached hydrogens (tertiary/aromatic N) is 2. The Morgan fingerprint density at radius 3 is 2.14 bits per heavy atom. The van der Waals surface area contributed by atoms with Gasteiger partial charge in [-0.15, -0.1) is 0 Å². The summed E-state index contributed by atoms with van der Waals surface area (Å²) in [6.45, 7) is 3.02. The summed E-state index contributed by atoms with van der Waals surface area (Å²) in [6.07, 6.45) is 6.19. The van der Waals surface area contributed by atoms with E-state index in [-0.39, 0.29) is 5.91 Å². The number of carbonyl (C=O) groups excluding carboxylic acids is 2. The zero-order valence-electron chi connectivity index (χ0n) is 15.5. The van der Waals surface area contributed by atoms with Gasteiger partial charge in [0.05, 0.1) is 0 Å². The maximum Gasteiger partial charge on any atom is 0.267 e. The third-order valence-electron chi connectivity index (χ3n) is 4.58. The summed E-state index contributed by atoms with van der Waals surface area (Å²) < 4.78 is 0. The van der Waals surface area contributed by atoms with E-state index in [4.69, 9.17) is 5.21 Å². The van der Waals surface area contributed by atoms with Crippen LogP contribution in [0, 0.1) is 0 Å². The molecule has 0 aliphatic carbocycles. The highest BCUT2D eigenvalue weighted by Gasteiger charge is 2.19. The van der Waals surface area contributed by atoms with E-state index in [1.165, 1.54) is 11.8 Å². The zero-order chi connectivity index (χ0) is 19.8. The smallest absolute Gasteiger partial charge is 0.267 e. The molecule has 6 nitrogen and oxygen atoms in total.